The highest BCUT2D eigenvalue weighted by molar-refractivity contribution is 7.59. The number of ether oxygens (including phenoxy) is 2. The Kier molecular flexibility index (Phi) is 7.36. The molecule has 156 valence electrons. The molecule has 0 aliphatic carbocycles. The van der Waals surface area contributed by atoms with Crippen molar-refractivity contribution in [2.75, 3.05) is 19.8 Å². The molecule has 0 aromatic heterocycles. The van der Waals surface area contributed by atoms with Gasteiger partial charge in [0, 0.05) is 36.3 Å². The van der Waals surface area contributed by atoms with Gasteiger partial charge in [0.1, 0.15) is 12.4 Å². The molecule has 3 rings (SSSR count). The van der Waals surface area contributed by atoms with Crippen LogP contribution < -0.4 is 10.2 Å². The summed E-state index contributed by atoms with van der Waals surface area (Å²) in [5.74, 6) is 0.398. The fourth-order valence-corrected chi connectivity index (χ4v) is 3.90. The Bertz CT molecular complexity index is 719. The first-order chi connectivity index (χ1) is 12.8. The van der Waals surface area contributed by atoms with Gasteiger partial charge < -0.3 is 14.4 Å². The Balaban J connectivity index is 0.00000280. The standard InChI is InChI=1S/C20H28N2O5.H2S/c1-13-12-27-17-10-14(18(23)21-25)4-5-15(17)11-22(13)19(24)20(2,3)16-6-8-26-9-7-16;/h4-5,10,13,16,25H,6-9,11-12H2,1-3H3,(H,21,23);1H2/t13-;/m0./s1. The summed E-state index contributed by atoms with van der Waals surface area (Å²) >= 11 is 0. The molecular formula is C20H30N2O5S. The zero-order chi connectivity index (χ0) is 19.6. The third-order valence-electron chi connectivity index (χ3n) is 5.84. The molecule has 1 aromatic rings. The fraction of sp³-hybridized carbons (Fsp3) is 0.600. The van der Waals surface area contributed by atoms with Crippen LogP contribution in [0.5, 0.6) is 5.75 Å². The smallest absolute Gasteiger partial charge is 0.274 e. The Morgan fingerprint density at radius 1 is 1.25 bits per heavy atom. The SMILES string of the molecule is C[C@H]1COc2cc(C(=O)NO)ccc2CN1C(=O)C(C)(C)C1CCOCC1.S. The third kappa shape index (κ3) is 4.45. The van der Waals surface area contributed by atoms with E-state index in [2.05, 4.69) is 0 Å². The van der Waals surface area contributed by atoms with E-state index < -0.39 is 11.3 Å². The molecular weight excluding hydrogens is 380 g/mol. The minimum absolute atomic E-state index is 0. The molecule has 2 heterocycles. The molecule has 0 radical (unpaired) electrons. The molecule has 1 aromatic carbocycles. The van der Waals surface area contributed by atoms with Gasteiger partial charge in [-0.05, 0) is 37.8 Å². The largest absolute Gasteiger partial charge is 0.491 e. The van der Waals surface area contributed by atoms with E-state index in [9.17, 15) is 9.59 Å². The number of fused-ring (bicyclic) bond motifs is 1. The van der Waals surface area contributed by atoms with Crippen LogP contribution in [-0.2, 0) is 16.1 Å². The average molecular weight is 411 g/mol. The van der Waals surface area contributed by atoms with E-state index in [1.165, 1.54) is 0 Å². The number of hydrogen-bond donors (Lipinski definition) is 2. The van der Waals surface area contributed by atoms with Crippen LogP contribution in [0.1, 0.15) is 49.5 Å². The Morgan fingerprint density at radius 2 is 1.93 bits per heavy atom. The molecule has 2 aliphatic heterocycles. The second-order valence-electron chi connectivity index (χ2n) is 7.96. The molecule has 2 aliphatic rings. The topological polar surface area (TPSA) is 88.1 Å². The molecule has 1 fully saturated rings. The lowest BCUT2D eigenvalue weighted by Crippen LogP contribution is -2.49. The van der Waals surface area contributed by atoms with Gasteiger partial charge in [0.2, 0.25) is 5.91 Å². The first kappa shape index (κ1) is 22.5. The van der Waals surface area contributed by atoms with Gasteiger partial charge in [-0.3, -0.25) is 14.8 Å². The molecule has 1 atom stereocenters. The Hall–Kier alpha value is -1.77. The van der Waals surface area contributed by atoms with Crippen molar-refractivity contribution in [1.82, 2.24) is 10.4 Å². The molecule has 0 saturated carbocycles. The van der Waals surface area contributed by atoms with Crippen molar-refractivity contribution in [3.05, 3.63) is 29.3 Å². The zero-order valence-corrected chi connectivity index (χ0v) is 17.7. The molecule has 8 heteroatoms. The van der Waals surface area contributed by atoms with Gasteiger partial charge in [0.25, 0.3) is 5.91 Å². The number of rotatable bonds is 3. The van der Waals surface area contributed by atoms with Gasteiger partial charge in [-0.2, -0.15) is 13.5 Å². The van der Waals surface area contributed by atoms with Gasteiger partial charge in [-0.1, -0.05) is 19.9 Å². The number of benzene rings is 1. The van der Waals surface area contributed by atoms with Crippen molar-refractivity contribution >= 4 is 25.3 Å². The maximum absolute atomic E-state index is 13.4. The van der Waals surface area contributed by atoms with Crippen molar-refractivity contribution in [2.24, 2.45) is 11.3 Å². The number of carbonyl (C=O) groups is 2. The zero-order valence-electron chi connectivity index (χ0n) is 16.7. The van der Waals surface area contributed by atoms with E-state index in [0.29, 0.717) is 43.6 Å². The predicted octanol–water partition coefficient (Wildman–Crippen LogP) is 2.48. The number of nitrogens with zero attached hydrogens (tertiary/aromatic N) is 1. The Morgan fingerprint density at radius 3 is 2.57 bits per heavy atom. The summed E-state index contributed by atoms with van der Waals surface area (Å²) in [4.78, 5) is 27.0. The van der Waals surface area contributed by atoms with E-state index in [4.69, 9.17) is 14.7 Å². The van der Waals surface area contributed by atoms with Crippen LogP contribution in [0, 0.1) is 11.3 Å². The van der Waals surface area contributed by atoms with Crippen LogP contribution in [0.4, 0.5) is 0 Å². The summed E-state index contributed by atoms with van der Waals surface area (Å²) in [5.41, 5.74) is 2.32. The predicted molar refractivity (Wildman–Crippen MR) is 109 cm³/mol. The molecule has 28 heavy (non-hydrogen) atoms. The number of hydrogen-bond acceptors (Lipinski definition) is 5. The van der Waals surface area contributed by atoms with Gasteiger partial charge in [0.05, 0.1) is 6.04 Å². The highest BCUT2D eigenvalue weighted by Crippen LogP contribution is 2.38. The molecule has 0 unspecified atom stereocenters. The van der Waals surface area contributed by atoms with E-state index in [-0.39, 0.29) is 25.4 Å². The first-order valence-corrected chi connectivity index (χ1v) is 9.43. The van der Waals surface area contributed by atoms with E-state index in [0.717, 1.165) is 18.4 Å². The quantitative estimate of drug-likeness (QED) is 0.590. The van der Waals surface area contributed by atoms with Crippen molar-refractivity contribution in [3.8, 4) is 5.75 Å². The highest BCUT2D eigenvalue weighted by Gasteiger charge is 2.42. The summed E-state index contributed by atoms with van der Waals surface area (Å²) in [6.45, 7) is 8.23. The monoisotopic (exact) mass is 410 g/mol. The van der Waals surface area contributed by atoms with Crippen LogP contribution in [0.2, 0.25) is 0 Å². The number of carbonyl (C=O) groups excluding carboxylic acids is 2. The molecule has 0 bridgehead atoms. The van der Waals surface area contributed by atoms with Crippen LogP contribution >= 0.6 is 13.5 Å². The van der Waals surface area contributed by atoms with Gasteiger partial charge in [0.15, 0.2) is 0 Å². The van der Waals surface area contributed by atoms with Crippen molar-refractivity contribution in [3.63, 3.8) is 0 Å². The first-order valence-electron chi connectivity index (χ1n) is 9.43. The van der Waals surface area contributed by atoms with Gasteiger partial charge >= 0.3 is 0 Å². The van der Waals surface area contributed by atoms with E-state index in [1.807, 2.05) is 25.7 Å². The maximum Gasteiger partial charge on any atom is 0.274 e. The lowest BCUT2D eigenvalue weighted by atomic mass is 9.73. The minimum Gasteiger partial charge on any atom is -0.491 e. The third-order valence-corrected chi connectivity index (χ3v) is 5.84. The molecule has 2 N–H and O–H groups in total. The van der Waals surface area contributed by atoms with Crippen molar-refractivity contribution < 1.29 is 24.3 Å². The van der Waals surface area contributed by atoms with Crippen LogP contribution in [0.25, 0.3) is 0 Å². The number of amides is 2. The van der Waals surface area contributed by atoms with Crippen LogP contribution in [0.3, 0.4) is 0 Å². The normalized spacial score (nSPS) is 20.3. The maximum atomic E-state index is 13.4. The summed E-state index contributed by atoms with van der Waals surface area (Å²) in [6, 6.07) is 4.92. The summed E-state index contributed by atoms with van der Waals surface area (Å²) in [7, 11) is 0. The van der Waals surface area contributed by atoms with Crippen molar-refractivity contribution in [1.29, 1.82) is 0 Å². The molecule has 7 nitrogen and oxygen atoms in total. The molecule has 1 saturated heterocycles. The fourth-order valence-electron chi connectivity index (χ4n) is 3.90. The lowest BCUT2D eigenvalue weighted by Gasteiger charge is -2.40. The second kappa shape index (κ2) is 9.15. The van der Waals surface area contributed by atoms with Crippen LogP contribution in [-0.4, -0.2) is 47.8 Å². The summed E-state index contributed by atoms with van der Waals surface area (Å²) in [6.07, 6.45) is 1.79. The van der Waals surface area contributed by atoms with Gasteiger partial charge in [-0.15, -0.1) is 0 Å². The van der Waals surface area contributed by atoms with Crippen LogP contribution in [0.15, 0.2) is 18.2 Å². The van der Waals surface area contributed by atoms with Gasteiger partial charge in [-0.25, -0.2) is 5.48 Å². The lowest BCUT2D eigenvalue weighted by molar-refractivity contribution is -0.148. The number of hydroxylamine groups is 1. The van der Waals surface area contributed by atoms with E-state index >= 15 is 0 Å². The number of nitrogens with one attached hydrogen (secondary N) is 1. The highest BCUT2D eigenvalue weighted by atomic mass is 32.1. The summed E-state index contributed by atoms with van der Waals surface area (Å²) in [5, 5.41) is 8.82. The molecule has 2 amide bonds. The Labute approximate surface area is 172 Å². The van der Waals surface area contributed by atoms with Crippen molar-refractivity contribution in [2.45, 2.75) is 46.2 Å². The minimum atomic E-state index is -0.590. The average Bonchev–Trinajstić information content (AvgIpc) is 2.86. The second-order valence-corrected chi connectivity index (χ2v) is 7.96. The molecule has 0 spiro atoms. The summed E-state index contributed by atoms with van der Waals surface area (Å²) < 4.78 is 11.3. The van der Waals surface area contributed by atoms with E-state index in [1.54, 1.807) is 23.7 Å².